The molecule has 3 aromatic carbocycles. The van der Waals surface area contributed by atoms with E-state index in [1.54, 1.807) is 13.0 Å². The number of aryl methyl sites for hydroxylation is 1. The number of hydrogen-bond donors (Lipinski definition) is 2. The molecule has 6 nitrogen and oxygen atoms in total. The summed E-state index contributed by atoms with van der Waals surface area (Å²) < 4.78 is 69.7. The number of benzene rings is 3. The summed E-state index contributed by atoms with van der Waals surface area (Å²) in [6, 6.07) is 12.4. The van der Waals surface area contributed by atoms with Crippen molar-refractivity contribution >= 4 is 33.2 Å². The fourth-order valence-corrected chi connectivity index (χ4v) is 3.66. The first-order valence-corrected chi connectivity index (χ1v) is 10.9. The van der Waals surface area contributed by atoms with Gasteiger partial charge >= 0.3 is 6.18 Å². The molecule has 32 heavy (non-hydrogen) atoms. The van der Waals surface area contributed by atoms with Gasteiger partial charge in [0, 0.05) is 10.7 Å². The summed E-state index contributed by atoms with van der Waals surface area (Å²) in [4.78, 5) is 12.6. The van der Waals surface area contributed by atoms with Crippen molar-refractivity contribution in [2.45, 2.75) is 18.0 Å². The Bertz CT molecular complexity index is 1290. The molecule has 168 valence electrons. The van der Waals surface area contributed by atoms with Gasteiger partial charge in [-0.3, -0.25) is 4.79 Å². The predicted molar refractivity (Wildman–Crippen MR) is 113 cm³/mol. The van der Waals surface area contributed by atoms with Crippen LogP contribution in [-0.4, -0.2) is 14.3 Å². The highest BCUT2D eigenvalue weighted by Crippen LogP contribution is 2.38. The highest BCUT2D eigenvalue weighted by molar-refractivity contribution is 7.89. The second kappa shape index (κ2) is 8.81. The summed E-state index contributed by atoms with van der Waals surface area (Å²) in [6.45, 7) is 1.65. The van der Waals surface area contributed by atoms with E-state index < -0.39 is 33.2 Å². The quantitative estimate of drug-likeness (QED) is 0.509. The van der Waals surface area contributed by atoms with Crippen LogP contribution in [0.25, 0.3) is 0 Å². The van der Waals surface area contributed by atoms with E-state index in [9.17, 15) is 26.4 Å². The molecule has 3 aromatic rings. The van der Waals surface area contributed by atoms with E-state index in [0.717, 1.165) is 18.2 Å². The number of nitrogens with one attached hydrogen (secondary N) is 1. The Balaban J connectivity index is 2.06. The van der Waals surface area contributed by atoms with Gasteiger partial charge < -0.3 is 10.1 Å². The number of primary sulfonamides is 1. The second-order valence-electron chi connectivity index (χ2n) is 6.72. The number of nitrogens with two attached hydrogens (primary N) is 1. The van der Waals surface area contributed by atoms with Crippen molar-refractivity contribution in [1.29, 1.82) is 0 Å². The molecule has 0 aliphatic rings. The Labute approximate surface area is 186 Å². The molecular weight excluding hydrogens is 469 g/mol. The zero-order valence-corrected chi connectivity index (χ0v) is 18.0. The minimum absolute atomic E-state index is 0.0628. The van der Waals surface area contributed by atoms with Crippen LogP contribution < -0.4 is 15.2 Å². The lowest BCUT2D eigenvalue weighted by Gasteiger charge is -2.18. The van der Waals surface area contributed by atoms with Gasteiger partial charge in [0.2, 0.25) is 10.0 Å². The third-order valence-corrected chi connectivity index (χ3v) is 5.48. The van der Waals surface area contributed by atoms with E-state index >= 15 is 0 Å². The van der Waals surface area contributed by atoms with Crippen molar-refractivity contribution in [2.24, 2.45) is 5.14 Å². The molecule has 3 rings (SSSR count). The first-order chi connectivity index (χ1) is 14.9. The Hall–Kier alpha value is -3.08. The molecule has 0 saturated carbocycles. The minimum Gasteiger partial charge on any atom is -0.456 e. The SMILES string of the molecule is Cc1cc(Cl)ccc1Oc1cccc(C(F)(F)F)c1C(=O)Nc1cccc(S(N)(=O)=O)c1. The number of halogens is 4. The van der Waals surface area contributed by atoms with Gasteiger partial charge in [-0.2, -0.15) is 13.2 Å². The summed E-state index contributed by atoms with van der Waals surface area (Å²) in [7, 11) is -4.08. The molecule has 0 saturated heterocycles. The summed E-state index contributed by atoms with van der Waals surface area (Å²) in [5.41, 5.74) is -1.51. The number of sulfonamides is 1. The summed E-state index contributed by atoms with van der Waals surface area (Å²) in [6.07, 6.45) is -4.86. The number of ether oxygens (including phenoxy) is 1. The van der Waals surface area contributed by atoms with Gasteiger partial charge in [-0.1, -0.05) is 23.7 Å². The lowest BCUT2D eigenvalue weighted by molar-refractivity contribution is -0.138. The van der Waals surface area contributed by atoms with Crippen LogP contribution in [0.5, 0.6) is 11.5 Å². The predicted octanol–water partition coefficient (Wildman–Crippen LogP) is 5.36. The van der Waals surface area contributed by atoms with E-state index in [1.807, 2.05) is 0 Å². The Kier molecular flexibility index (Phi) is 6.49. The number of carbonyl (C=O) groups excluding carboxylic acids is 1. The number of anilines is 1. The van der Waals surface area contributed by atoms with Crippen LogP contribution in [0.3, 0.4) is 0 Å². The van der Waals surface area contributed by atoms with Crippen molar-refractivity contribution in [3.63, 3.8) is 0 Å². The maximum Gasteiger partial charge on any atom is 0.417 e. The fourth-order valence-electron chi connectivity index (χ4n) is 2.88. The van der Waals surface area contributed by atoms with Gasteiger partial charge in [-0.05, 0) is 61.0 Å². The maximum absolute atomic E-state index is 13.7. The number of hydrogen-bond acceptors (Lipinski definition) is 4. The standard InChI is InChI=1S/C21H16ClF3N2O4S/c1-12-10-13(22)8-9-17(12)31-18-7-3-6-16(21(23,24)25)19(18)20(28)27-14-4-2-5-15(11-14)32(26,29)30/h2-11H,1H3,(H,27,28)(H2,26,29,30). The Morgan fingerprint density at radius 1 is 1.03 bits per heavy atom. The van der Waals surface area contributed by atoms with E-state index in [1.165, 1.54) is 36.4 Å². The minimum atomic E-state index is -4.86. The molecule has 0 aliphatic heterocycles. The summed E-state index contributed by atoms with van der Waals surface area (Å²) in [5.74, 6) is -1.28. The van der Waals surface area contributed by atoms with Gasteiger partial charge in [0.1, 0.15) is 11.5 Å². The fraction of sp³-hybridized carbons (Fsp3) is 0.0952. The molecule has 11 heteroatoms. The van der Waals surface area contributed by atoms with Crippen LogP contribution in [0.4, 0.5) is 18.9 Å². The molecule has 0 fully saturated rings. The highest BCUT2D eigenvalue weighted by atomic mass is 35.5. The first-order valence-electron chi connectivity index (χ1n) is 8.94. The van der Waals surface area contributed by atoms with Crippen molar-refractivity contribution < 1.29 is 31.1 Å². The van der Waals surface area contributed by atoms with Crippen molar-refractivity contribution in [1.82, 2.24) is 0 Å². The van der Waals surface area contributed by atoms with Crippen molar-refractivity contribution in [3.05, 3.63) is 82.4 Å². The molecule has 0 atom stereocenters. The van der Waals surface area contributed by atoms with E-state index in [4.69, 9.17) is 21.5 Å². The van der Waals surface area contributed by atoms with Crippen LogP contribution >= 0.6 is 11.6 Å². The van der Waals surface area contributed by atoms with Gasteiger partial charge in [0.05, 0.1) is 16.0 Å². The zero-order valence-electron chi connectivity index (χ0n) is 16.4. The molecule has 1 amide bonds. The molecule has 0 aromatic heterocycles. The third-order valence-electron chi connectivity index (χ3n) is 4.34. The van der Waals surface area contributed by atoms with E-state index in [-0.39, 0.29) is 22.1 Å². The monoisotopic (exact) mass is 484 g/mol. The first kappa shape index (κ1) is 23.6. The normalized spacial score (nSPS) is 11.8. The van der Waals surface area contributed by atoms with Crippen LogP contribution in [0.15, 0.2) is 65.6 Å². The topological polar surface area (TPSA) is 98.5 Å². The number of rotatable bonds is 5. The highest BCUT2D eigenvalue weighted by Gasteiger charge is 2.37. The molecule has 0 bridgehead atoms. The van der Waals surface area contributed by atoms with E-state index in [0.29, 0.717) is 10.6 Å². The number of carbonyl (C=O) groups is 1. The smallest absolute Gasteiger partial charge is 0.417 e. The average molecular weight is 485 g/mol. The molecule has 0 heterocycles. The van der Waals surface area contributed by atoms with Crippen molar-refractivity contribution in [3.8, 4) is 11.5 Å². The molecule has 0 aliphatic carbocycles. The number of alkyl halides is 3. The molecule has 3 N–H and O–H groups in total. The zero-order chi connectivity index (χ0) is 23.7. The molecule has 0 spiro atoms. The Morgan fingerprint density at radius 2 is 1.72 bits per heavy atom. The van der Waals surface area contributed by atoms with Crippen LogP contribution in [0.2, 0.25) is 5.02 Å². The number of amides is 1. The lowest BCUT2D eigenvalue weighted by Crippen LogP contribution is -2.20. The van der Waals surface area contributed by atoms with Gasteiger partial charge in [0.25, 0.3) is 5.91 Å². The summed E-state index contributed by atoms with van der Waals surface area (Å²) in [5, 5.41) is 7.75. The maximum atomic E-state index is 13.7. The summed E-state index contributed by atoms with van der Waals surface area (Å²) >= 11 is 5.90. The Morgan fingerprint density at radius 3 is 2.34 bits per heavy atom. The average Bonchev–Trinajstić information content (AvgIpc) is 2.69. The van der Waals surface area contributed by atoms with E-state index in [2.05, 4.69) is 5.32 Å². The van der Waals surface area contributed by atoms with Crippen LogP contribution in [0.1, 0.15) is 21.5 Å². The molecule has 0 radical (unpaired) electrons. The van der Waals surface area contributed by atoms with Gasteiger partial charge in [0.15, 0.2) is 0 Å². The molecular formula is C21H16ClF3N2O4S. The molecule has 0 unspecified atom stereocenters. The largest absolute Gasteiger partial charge is 0.456 e. The van der Waals surface area contributed by atoms with Gasteiger partial charge in [-0.25, -0.2) is 13.6 Å². The van der Waals surface area contributed by atoms with Crippen LogP contribution in [-0.2, 0) is 16.2 Å². The second-order valence-corrected chi connectivity index (χ2v) is 8.71. The van der Waals surface area contributed by atoms with Crippen molar-refractivity contribution in [2.75, 3.05) is 5.32 Å². The van der Waals surface area contributed by atoms with Gasteiger partial charge in [-0.15, -0.1) is 0 Å². The lowest BCUT2D eigenvalue weighted by atomic mass is 10.0. The third kappa shape index (κ3) is 5.39. The van der Waals surface area contributed by atoms with Crippen LogP contribution in [0, 0.1) is 6.92 Å².